The standard InChI is InChI=1S/C21H33N5O/c1-2-22-21(23-11-15-25-12-6-3-7-13-25)24-16-20(27)26-14-10-18-8-4-5-9-19(18)17-26/h4-5,8-9H,2-3,6-7,10-17H2,1H3,(H2,22,23,24). The topological polar surface area (TPSA) is 60.0 Å². The summed E-state index contributed by atoms with van der Waals surface area (Å²) in [5.41, 5.74) is 2.62. The number of fused-ring (bicyclic) bond motifs is 1. The molecule has 6 heteroatoms. The van der Waals surface area contributed by atoms with Gasteiger partial charge in [0.25, 0.3) is 0 Å². The Hall–Kier alpha value is -2.08. The molecule has 2 N–H and O–H groups in total. The lowest BCUT2D eigenvalue weighted by Gasteiger charge is -2.28. The van der Waals surface area contributed by atoms with E-state index >= 15 is 0 Å². The second-order valence-electron chi connectivity index (χ2n) is 7.36. The molecule has 0 unspecified atom stereocenters. The van der Waals surface area contributed by atoms with Crippen molar-refractivity contribution in [1.29, 1.82) is 0 Å². The van der Waals surface area contributed by atoms with Crippen LogP contribution in [0, 0.1) is 0 Å². The van der Waals surface area contributed by atoms with Crippen LogP contribution < -0.4 is 10.6 Å². The zero-order chi connectivity index (χ0) is 18.9. The van der Waals surface area contributed by atoms with Crippen molar-refractivity contribution in [2.75, 3.05) is 45.8 Å². The maximum absolute atomic E-state index is 12.6. The van der Waals surface area contributed by atoms with Crippen molar-refractivity contribution in [2.24, 2.45) is 4.99 Å². The predicted octanol–water partition coefficient (Wildman–Crippen LogP) is 1.61. The van der Waals surface area contributed by atoms with Gasteiger partial charge in [-0.25, -0.2) is 4.99 Å². The Morgan fingerprint density at radius 1 is 1.07 bits per heavy atom. The SMILES string of the molecule is CCNC(=NCC(=O)N1CCc2ccccc2C1)NCCN1CCCCC1. The number of carbonyl (C=O) groups is 1. The maximum atomic E-state index is 12.6. The Labute approximate surface area is 163 Å². The maximum Gasteiger partial charge on any atom is 0.244 e. The molecule has 2 heterocycles. The van der Waals surface area contributed by atoms with Crippen LogP contribution >= 0.6 is 0 Å². The number of carbonyl (C=O) groups excluding carboxylic acids is 1. The van der Waals surface area contributed by atoms with Crippen molar-refractivity contribution in [3.8, 4) is 0 Å². The quantitative estimate of drug-likeness (QED) is 0.589. The molecule has 2 aliphatic heterocycles. The van der Waals surface area contributed by atoms with Crippen LogP contribution in [0.2, 0.25) is 0 Å². The monoisotopic (exact) mass is 371 g/mol. The van der Waals surface area contributed by atoms with E-state index in [1.165, 1.54) is 43.5 Å². The molecule has 1 fully saturated rings. The molecule has 1 saturated heterocycles. The summed E-state index contributed by atoms with van der Waals surface area (Å²) >= 11 is 0. The molecule has 0 bridgehead atoms. The number of aliphatic imine (C=N–C) groups is 1. The molecule has 0 aliphatic carbocycles. The van der Waals surface area contributed by atoms with E-state index in [4.69, 9.17) is 0 Å². The zero-order valence-electron chi connectivity index (χ0n) is 16.5. The van der Waals surface area contributed by atoms with E-state index in [0.29, 0.717) is 6.54 Å². The number of nitrogens with one attached hydrogen (secondary N) is 2. The third-order valence-electron chi connectivity index (χ3n) is 5.37. The molecular weight excluding hydrogens is 338 g/mol. The zero-order valence-corrected chi connectivity index (χ0v) is 16.5. The molecule has 0 saturated carbocycles. The molecular formula is C21H33N5O. The first-order chi connectivity index (χ1) is 13.3. The smallest absolute Gasteiger partial charge is 0.244 e. The summed E-state index contributed by atoms with van der Waals surface area (Å²) in [5.74, 6) is 0.831. The molecule has 0 atom stereocenters. The van der Waals surface area contributed by atoms with Crippen molar-refractivity contribution in [1.82, 2.24) is 20.4 Å². The summed E-state index contributed by atoms with van der Waals surface area (Å²) in [6.07, 6.45) is 4.90. The Bertz CT molecular complexity index is 639. The first-order valence-electron chi connectivity index (χ1n) is 10.4. The van der Waals surface area contributed by atoms with Gasteiger partial charge in [-0.3, -0.25) is 4.79 Å². The fourth-order valence-electron chi connectivity index (χ4n) is 3.81. The van der Waals surface area contributed by atoms with Crippen LogP contribution in [0.15, 0.2) is 29.3 Å². The lowest BCUT2D eigenvalue weighted by Crippen LogP contribution is -2.43. The van der Waals surface area contributed by atoms with Crippen LogP contribution in [0.3, 0.4) is 0 Å². The molecule has 0 radical (unpaired) electrons. The highest BCUT2D eigenvalue weighted by molar-refractivity contribution is 5.85. The first-order valence-corrected chi connectivity index (χ1v) is 10.4. The van der Waals surface area contributed by atoms with Crippen LogP contribution in [0.5, 0.6) is 0 Å². The van der Waals surface area contributed by atoms with Gasteiger partial charge in [-0.2, -0.15) is 0 Å². The number of piperidine rings is 1. The van der Waals surface area contributed by atoms with E-state index in [-0.39, 0.29) is 12.5 Å². The van der Waals surface area contributed by atoms with E-state index < -0.39 is 0 Å². The van der Waals surface area contributed by atoms with Gasteiger partial charge in [0.05, 0.1) is 0 Å². The number of nitrogens with zero attached hydrogens (tertiary/aromatic N) is 3. The summed E-state index contributed by atoms with van der Waals surface area (Å²) in [5, 5.41) is 6.61. The Morgan fingerprint density at radius 2 is 1.85 bits per heavy atom. The third kappa shape index (κ3) is 5.96. The normalized spacial score (nSPS) is 18.1. The van der Waals surface area contributed by atoms with Crippen LogP contribution in [-0.2, 0) is 17.8 Å². The van der Waals surface area contributed by atoms with E-state index in [2.05, 4.69) is 38.7 Å². The summed E-state index contributed by atoms with van der Waals surface area (Å²) in [6, 6.07) is 8.38. The highest BCUT2D eigenvalue weighted by atomic mass is 16.2. The van der Waals surface area contributed by atoms with E-state index in [1.807, 2.05) is 17.9 Å². The minimum atomic E-state index is 0.0951. The Morgan fingerprint density at radius 3 is 2.63 bits per heavy atom. The fraction of sp³-hybridized carbons (Fsp3) is 0.619. The van der Waals surface area contributed by atoms with Gasteiger partial charge in [-0.1, -0.05) is 30.7 Å². The number of likely N-dealkylation sites (tertiary alicyclic amines) is 1. The van der Waals surface area contributed by atoms with E-state index in [9.17, 15) is 4.79 Å². The van der Waals surface area contributed by atoms with Crippen molar-refractivity contribution in [2.45, 2.75) is 39.2 Å². The second kappa shape index (κ2) is 10.3. The van der Waals surface area contributed by atoms with Crippen LogP contribution in [0.4, 0.5) is 0 Å². The number of amides is 1. The summed E-state index contributed by atoms with van der Waals surface area (Å²) in [4.78, 5) is 21.5. The molecule has 1 aromatic carbocycles. The Kier molecular flexibility index (Phi) is 7.51. The minimum Gasteiger partial charge on any atom is -0.357 e. The van der Waals surface area contributed by atoms with Crippen molar-refractivity contribution in [3.05, 3.63) is 35.4 Å². The molecule has 148 valence electrons. The van der Waals surface area contributed by atoms with E-state index in [0.717, 1.165) is 38.6 Å². The number of hydrogen-bond acceptors (Lipinski definition) is 3. The number of hydrogen-bond donors (Lipinski definition) is 2. The summed E-state index contributed by atoms with van der Waals surface area (Å²) in [6.45, 7) is 8.80. The Balaban J connectivity index is 1.46. The van der Waals surface area contributed by atoms with Gasteiger partial charge in [-0.15, -0.1) is 0 Å². The molecule has 6 nitrogen and oxygen atoms in total. The van der Waals surface area contributed by atoms with Crippen LogP contribution in [0.25, 0.3) is 0 Å². The lowest BCUT2D eigenvalue weighted by atomic mass is 10.00. The van der Waals surface area contributed by atoms with Gasteiger partial charge in [-0.05, 0) is 50.4 Å². The van der Waals surface area contributed by atoms with Crippen LogP contribution in [0.1, 0.15) is 37.3 Å². The first kappa shape index (κ1) is 19.7. The van der Waals surface area contributed by atoms with Gasteiger partial charge >= 0.3 is 0 Å². The molecule has 0 aromatic heterocycles. The number of guanidine groups is 1. The van der Waals surface area contributed by atoms with E-state index in [1.54, 1.807) is 0 Å². The molecule has 2 aliphatic rings. The number of benzene rings is 1. The lowest BCUT2D eigenvalue weighted by molar-refractivity contribution is -0.130. The third-order valence-corrected chi connectivity index (χ3v) is 5.37. The van der Waals surface area contributed by atoms with Gasteiger partial charge < -0.3 is 20.4 Å². The van der Waals surface area contributed by atoms with Gasteiger partial charge in [0.15, 0.2) is 5.96 Å². The summed E-state index contributed by atoms with van der Waals surface area (Å²) in [7, 11) is 0. The van der Waals surface area contributed by atoms with Gasteiger partial charge in [0, 0.05) is 32.7 Å². The molecule has 1 aromatic rings. The van der Waals surface area contributed by atoms with Crippen LogP contribution in [-0.4, -0.2) is 67.5 Å². The van der Waals surface area contributed by atoms with Gasteiger partial charge in [0.2, 0.25) is 5.91 Å². The fourth-order valence-corrected chi connectivity index (χ4v) is 3.81. The molecule has 27 heavy (non-hydrogen) atoms. The molecule has 0 spiro atoms. The average molecular weight is 372 g/mol. The van der Waals surface area contributed by atoms with Crippen molar-refractivity contribution in [3.63, 3.8) is 0 Å². The van der Waals surface area contributed by atoms with Crippen molar-refractivity contribution < 1.29 is 4.79 Å². The second-order valence-corrected chi connectivity index (χ2v) is 7.36. The minimum absolute atomic E-state index is 0.0951. The average Bonchev–Trinajstić information content (AvgIpc) is 2.72. The summed E-state index contributed by atoms with van der Waals surface area (Å²) < 4.78 is 0. The molecule has 1 amide bonds. The predicted molar refractivity (Wildman–Crippen MR) is 110 cm³/mol. The number of rotatable bonds is 6. The highest BCUT2D eigenvalue weighted by Crippen LogP contribution is 2.18. The largest absolute Gasteiger partial charge is 0.357 e. The van der Waals surface area contributed by atoms with Crippen molar-refractivity contribution >= 4 is 11.9 Å². The highest BCUT2D eigenvalue weighted by Gasteiger charge is 2.20. The molecule has 3 rings (SSSR count). The van der Waals surface area contributed by atoms with Gasteiger partial charge in [0.1, 0.15) is 6.54 Å².